The fraction of sp³-hybridized carbons (Fsp3) is 0.278. The SMILES string of the molecule is CSCCC(NC(=O)C(N)Cc1ccc(O)cc1)C(=O)NC(Cc1c[nH]c2ccccc12)C(=O)NC(Cc1c[nH]c2ccccc12)C(=O)O. The van der Waals surface area contributed by atoms with E-state index in [4.69, 9.17) is 5.73 Å². The summed E-state index contributed by atoms with van der Waals surface area (Å²) < 4.78 is 0. The third kappa shape index (κ3) is 9.00. The molecule has 5 rings (SSSR count). The van der Waals surface area contributed by atoms with Crippen LogP contribution in [0.2, 0.25) is 0 Å². The minimum absolute atomic E-state index is 0.0180. The molecule has 0 aliphatic heterocycles. The van der Waals surface area contributed by atoms with E-state index in [1.807, 2.05) is 54.8 Å². The number of carbonyl (C=O) groups excluding carboxylic acids is 3. The fourth-order valence-electron chi connectivity index (χ4n) is 5.76. The number of phenols is 1. The maximum Gasteiger partial charge on any atom is 0.326 e. The van der Waals surface area contributed by atoms with Gasteiger partial charge >= 0.3 is 5.97 Å². The van der Waals surface area contributed by atoms with Crippen molar-refractivity contribution < 1.29 is 29.4 Å². The first-order valence-electron chi connectivity index (χ1n) is 15.9. The number of amides is 3. The van der Waals surface area contributed by atoms with Crippen LogP contribution in [0.25, 0.3) is 21.8 Å². The van der Waals surface area contributed by atoms with Gasteiger partial charge in [0, 0.05) is 47.0 Å². The summed E-state index contributed by atoms with van der Waals surface area (Å²) in [7, 11) is 0. The molecule has 12 nitrogen and oxygen atoms in total. The molecule has 4 atom stereocenters. The number of rotatable bonds is 16. The highest BCUT2D eigenvalue weighted by Gasteiger charge is 2.31. The third-order valence-electron chi connectivity index (χ3n) is 8.42. The van der Waals surface area contributed by atoms with Gasteiger partial charge in [0.05, 0.1) is 6.04 Å². The molecule has 49 heavy (non-hydrogen) atoms. The highest BCUT2D eigenvalue weighted by atomic mass is 32.2. The van der Waals surface area contributed by atoms with Crippen LogP contribution in [0.3, 0.4) is 0 Å². The van der Waals surface area contributed by atoms with Crippen molar-refractivity contribution in [3.63, 3.8) is 0 Å². The van der Waals surface area contributed by atoms with Gasteiger partial charge < -0.3 is 41.9 Å². The average molecular weight is 685 g/mol. The second-order valence-electron chi connectivity index (χ2n) is 11.9. The van der Waals surface area contributed by atoms with Gasteiger partial charge in [-0.1, -0.05) is 48.5 Å². The minimum atomic E-state index is -1.28. The number of carboxylic acids is 1. The number of H-pyrrole nitrogens is 2. The maximum absolute atomic E-state index is 13.9. The van der Waals surface area contributed by atoms with Gasteiger partial charge in [-0.15, -0.1) is 0 Å². The van der Waals surface area contributed by atoms with Crippen molar-refractivity contribution in [2.45, 2.75) is 49.9 Å². The Morgan fingerprint density at radius 3 is 1.80 bits per heavy atom. The van der Waals surface area contributed by atoms with Crippen molar-refractivity contribution in [3.05, 3.63) is 102 Å². The van der Waals surface area contributed by atoms with E-state index in [-0.39, 0.29) is 31.4 Å². The second-order valence-corrected chi connectivity index (χ2v) is 12.9. The summed E-state index contributed by atoms with van der Waals surface area (Å²) in [6.07, 6.45) is 5.89. The molecule has 0 bridgehead atoms. The first-order valence-corrected chi connectivity index (χ1v) is 17.3. The molecular formula is C36H40N6O6S. The summed E-state index contributed by atoms with van der Waals surface area (Å²) in [6.45, 7) is 0. The van der Waals surface area contributed by atoms with E-state index < -0.39 is 47.9 Å². The average Bonchev–Trinajstić information content (AvgIpc) is 3.70. The fourth-order valence-corrected chi connectivity index (χ4v) is 6.23. The van der Waals surface area contributed by atoms with Crippen LogP contribution in [0, 0.1) is 0 Å². The monoisotopic (exact) mass is 684 g/mol. The summed E-state index contributed by atoms with van der Waals surface area (Å²) >= 11 is 1.49. The predicted molar refractivity (Wildman–Crippen MR) is 190 cm³/mol. The highest BCUT2D eigenvalue weighted by molar-refractivity contribution is 7.98. The molecule has 0 spiro atoms. The van der Waals surface area contributed by atoms with Crippen molar-refractivity contribution in [3.8, 4) is 5.75 Å². The standard InChI is InChI=1S/C36H40N6O6S/c1-49-15-14-30(40-33(44)27(37)16-21-10-12-24(43)13-11-21)34(45)41-31(17-22-19-38-28-8-4-2-6-25(22)28)35(46)42-32(36(47)48)18-23-20-39-29-9-5-3-7-26(23)29/h2-13,19-20,27,30-32,38-39,43H,14-18,37H2,1H3,(H,40,44)(H,41,45)(H,42,46)(H,47,48). The second kappa shape index (κ2) is 16.2. The first-order chi connectivity index (χ1) is 23.6. The Morgan fingerprint density at radius 1 is 0.714 bits per heavy atom. The number of carbonyl (C=O) groups is 4. The van der Waals surface area contributed by atoms with Gasteiger partial charge in [-0.05, 0) is 65.8 Å². The van der Waals surface area contributed by atoms with Crippen LogP contribution in [-0.2, 0) is 38.4 Å². The Balaban J connectivity index is 1.35. The van der Waals surface area contributed by atoms with Crippen molar-refractivity contribution in [1.29, 1.82) is 0 Å². The van der Waals surface area contributed by atoms with Crippen LogP contribution in [-0.4, -0.2) is 80.0 Å². The number of phenolic OH excluding ortho intramolecular Hbond substituents is 1. The van der Waals surface area contributed by atoms with Crippen LogP contribution >= 0.6 is 11.8 Å². The number of benzene rings is 3. The number of aromatic nitrogens is 2. The Labute approximate surface area is 287 Å². The van der Waals surface area contributed by atoms with Gasteiger partial charge in [-0.2, -0.15) is 11.8 Å². The third-order valence-corrected chi connectivity index (χ3v) is 9.06. The van der Waals surface area contributed by atoms with Crippen LogP contribution in [0.4, 0.5) is 0 Å². The highest BCUT2D eigenvalue weighted by Crippen LogP contribution is 2.21. The van der Waals surface area contributed by atoms with Gasteiger partial charge in [-0.25, -0.2) is 4.79 Å². The van der Waals surface area contributed by atoms with E-state index in [1.165, 1.54) is 23.9 Å². The lowest BCUT2D eigenvalue weighted by atomic mass is 10.0. The van der Waals surface area contributed by atoms with E-state index >= 15 is 0 Å². The number of carboxylic acid groups (broad SMARTS) is 1. The summed E-state index contributed by atoms with van der Waals surface area (Å²) in [5, 5.41) is 29.6. The zero-order valence-electron chi connectivity index (χ0n) is 26.9. The predicted octanol–water partition coefficient (Wildman–Crippen LogP) is 3.00. The molecule has 2 heterocycles. The number of hydrogen-bond donors (Lipinski definition) is 8. The molecule has 0 saturated carbocycles. The van der Waals surface area contributed by atoms with Crippen LogP contribution in [0.5, 0.6) is 5.75 Å². The number of fused-ring (bicyclic) bond motifs is 2. The van der Waals surface area contributed by atoms with Gasteiger partial charge in [0.2, 0.25) is 17.7 Å². The molecule has 4 unspecified atom stereocenters. The summed E-state index contributed by atoms with van der Waals surface area (Å²) in [4.78, 5) is 59.6. The Bertz CT molecular complexity index is 1920. The van der Waals surface area contributed by atoms with Crippen molar-refractivity contribution in [2.24, 2.45) is 5.73 Å². The Morgan fingerprint density at radius 2 is 1.22 bits per heavy atom. The number of thioether (sulfide) groups is 1. The van der Waals surface area contributed by atoms with E-state index in [9.17, 15) is 29.4 Å². The molecular weight excluding hydrogens is 644 g/mol. The molecule has 0 saturated heterocycles. The van der Waals surface area contributed by atoms with E-state index in [1.54, 1.807) is 24.5 Å². The van der Waals surface area contributed by atoms with E-state index in [2.05, 4.69) is 25.9 Å². The molecule has 9 N–H and O–H groups in total. The van der Waals surface area contributed by atoms with Crippen LogP contribution in [0.15, 0.2) is 85.2 Å². The quantitative estimate of drug-likeness (QED) is 0.0775. The van der Waals surface area contributed by atoms with Gasteiger partial charge in [-0.3, -0.25) is 14.4 Å². The number of aromatic hydroxyl groups is 1. The molecule has 3 amide bonds. The Kier molecular flexibility index (Phi) is 11.6. The topological polar surface area (TPSA) is 202 Å². The molecule has 2 aromatic heterocycles. The van der Waals surface area contributed by atoms with Gasteiger partial charge in [0.15, 0.2) is 0 Å². The maximum atomic E-state index is 13.9. The lowest BCUT2D eigenvalue weighted by Gasteiger charge is -2.25. The number of aliphatic carboxylic acids is 1. The zero-order valence-corrected chi connectivity index (χ0v) is 27.8. The number of para-hydroxylation sites is 2. The normalized spacial score (nSPS) is 13.8. The van der Waals surface area contributed by atoms with Gasteiger partial charge in [0.1, 0.15) is 23.9 Å². The first kappa shape index (κ1) is 35.0. The number of aromatic amines is 2. The minimum Gasteiger partial charge on any atom is -0.508 e. The van der Waals surface area contributed by atoms with Crippen molar-refractivity contribution >= 4 is 57.3 Å². The summed E-state index contributed by atoms with van der Waals surface area (Å²) in [5.74, 6) is -2.40. The lowest BCUT2D eigenvalue weighted by Crippen LogP contribution is -2.58. The molecule has 0 aliphatic carbocycles. The summed E-state index contributed by atoms with van der Waals surface area (Å²) in [6, 6.07) is 16.9. The van der Waals surface area contributed by atoms with Crippen molar-refractivity contribution in [2.75, 3.05) is 12.0 Å². The van der Waals surface area contributed by atoms with Crippen molar-refractivity contribution in [1.82, 2.24) is 25.9 Å². The summed E-state index contributed by atoms with van der Waals surface area (Å²) in [5.41, 5.74) is 10.1. The Hall–Kier alpha value is -5.27. The smallest absolute Gasteiger partial charge is 0.326 e. The van der Waals surface area contributed by atoms with Crippen LogP contribution < -0.4 is 21.7 Å². The molecule has 5 aromatic rings. The molecule has 0 fully saturated rings. The molecule has 256 valence electrons. The number of hydrogen-bond acceptors (Lipinski definition) is 7. The van der Waals surface area contributed by atoms with Crippen LogP contribution in [0.1, 0.15) is 23.1 Å². The molecule has 3 aromatic carbocycles. The molecule has 0 radical (unpaired) electrons. The number of nitrogens with two attached hydrogens (primary N) is 1. The number of nitrogens with one attached hydrogen (secondary N) is 5. The van der Waals surface area contributed by atoms with Gasteiger partial charge in [0.25, 0.3) is 0 Å². The lowest BCUT2D eigenvalue weighted by molar-refractivity contribution is -0.142. The zero-order chi connectivity index (χ0) is 34.9. The molecule has 0 aliphatic rings. The molecule has 13 heteroatoms. The largest absolute Gasteiger partial charge is 0.508 e. The van der Waals surface area contributed by atoms with E-state index in [0.717, 1.165) is 38.5 Å². The van der Waals surface area contributed by atoms with E-state index in [0.29, 0.717) is 5.75 Å².